The van der Waals surface area contributed by atoms with E-state index in [9.17, 15) is 4.79 Å². The second kappa shape index (κ2) is 8.72. The Hall–Kier alpha value is -2.26. The van der Waals surface area contributed by atoms with E-state index in [0.717, 1.165) is 22.1 Å². The number of benzene rings is 1. The molecule has 0 aliphatic heterocycles. The van der Waals surface area contributed by atoms with Crippen LogP contribution in [0, 0.1) is 0 Å². The van der Waals surface area contributed by atoms with Crippen LogP contribution in [0.25, 0.3) is 11.4 Å². The first kappa shape index (κ1) is 17.6. The average Bonchev–Trinajstić information content (AvgIpc) is 3.28. The third kappa shape index (κ3) is 5.10. The summed E-state index contributed by atoms with van der Waals surface area (Å²) in [5, 5.41) is 15.2. The Morgan fingerprint density at radius 2 is 2.12 bits per heavy atom. The van der Waals surface area contributed by atoms with Crippen LogP contribution in [0.2, 0.25) is 0 Å². The van der Waals surface area contributed by atoms with Gasteiger partial charge in [-0.05, 0) is 6.42 Å². The van der Waals surface area contributed by atoms with Gasteiger partial charge in [-0.25, -0.2) is 0 Å². The summed E-state index contributed by atoms with van der Waals surface area (Å²) < 4.78 is 6.06. The largest absolute Gasteiger partial charge is 0.339 e. The van der Waals surface area contributed by atoms with Gasteiger partial charge in [0, 0.05) is 24.2 Å². The Kier molecular flexibility index (Phi) is 6.13. The zero-order valence-electron chi connectivity index (χ0n) is 13.6. The summed E-state index contributed by atoms with van der Waals surface area (Å²) in [6.07, 6.45) is 1.69. The molecule has 7 nitrogen and oxygen atoms in total. The first-order chi connectivity index (χ1) is 12.2. The number of amides is 1. The van der Waals surface area contributed by atoms with Crippen molar-refractivity contribution in [2.75, 3.05) is 11.1 Å². The predicted octanol–water partition coefficient (Wildman–Crippen LogP) is 3.66. The van der Waals surface area contributed by atoms with Gasteiger partial charge in [0.05, 0.1) is 0 Å². The topological polar surface area (TPSA) is 93.8 Å². The van der Waals surface area contributed by atoms with Gasteiger partial charge in [0.2, 0.25) is 22.8 Å². The summed E-state index contributed by atoms with van der Waals surface area (Å²) in [6.45, 7) is 2.11. The Morgan fingerprint density at radius 3 is 2.92 bits per heavy atom. The lowest BCUT2D eigenvalue weighted by Crippen LogP contribution is -2.12. The van der Waals surface area contributed by atoms with Crippen molar-refractivity contribution in [2.45, 2.75) is 30.5 Å². The maximum Gasteiger partial charge on any atom is 0.227 e. The molecule has 0 bridgehead atoms. The molecule has 0 atom stereocenters. The van der Waals surface area contributed by atoms with Gasteiger partial charge in [-0.15, -0.1) is 10.2 Å². The van der Waals surface area contributed by atoms with E-state index < -0.39 is 0 Å². The zero-order chi connectivity index (χ0) is 17.5. The van der Waals surface area contributed by atoms with Crippen LogP contribution in [0.5, 0.6) is 0 Å². The van der Waals surface area contributed by atoms with Crippen LogP contribution >= 0.6 is 23.1 Å². The van der Waals surface area contributed by atoms with Gasteiger partial charge >= 0.3 is 0 Å². The SMILES string of the molecule is CCCSc1nnc(NC(=O)CCc2nc(-c3ccccc3)no2)s1. The number of hydrogen-bond donors (Lipinski definition) is 1. The fourth-order valence-corrected chi connectivity index (χ4v) is 3.66. The first-order valence-electron chi connectivity index (χ1n) is 7.88. The lowest BCUT2D eigenvalue weighted by atomic mass is 10.2. The van der Waals surface area contributed by atoms with Crippen LogP contribution in [0.1, 0.15) is 25.7 Å². The molecule has 1 aromatic carbocycles. The number of anilines is 1. The molecule has 25 heavy (non-hydrogen) atoms. The molecule has 0 aliphatic carbocycles. The predicted molar refractivity (Wildman–Crippen MR) is 97.6 cm³/mol. The van der Waals surface area contributed by atoms with Gasteiger partial charge in [0.1, 0.15) is 0 Å². The molecule has 2 aromatic heterocycles. The van der Waals surface area contributed by atoms with E-state index in [4.69, 9.17) is 4.52 Å². The zero-order valence-corrected chi connectivity index (χ0v) is 15.3. The Morgan fingerprint density at radius 1 is 1.28 bits per heavy atom. The van der Waals surface area contributed by atoms with Gasteiger partial charge < -0.3 is 9.84 Å². The van der Waals surface area contributed by atoms with E-state index >= 15 is 0 Å². The molecular weight excluding hydrogens is 358 g/mol. The number of carbonyl (C=O) groups excluding carboxylic acids is 1. The van der Waals surface area contributed by atoms with Crippen molar-refractivity contribution in [3.8, 4) is 11.4 Å². The molecule has 0 fully saturated rings. The second-order valence-corrected chi connectivity index (χ2v) is 7.47. The standard InChI is InChI=1S/C16H17N5O2S2/c1-2-10-24-16-20-19-15(25-16)17-12(22)8-9-13-18-14(21-23-13)11-6-4-3-5-7-11/h3-7H,2,8-10H2,1H3,(H,17,19,22). The number of nitrogens with zero attached hydrogens (tertiary/aromatic N) is 4. The van der Waals surface area contributed by atoms with Crippen LogP contribution in [0.4, 0.5) is 5.13 Å². The van der Waals surface area contributed by atoms with E-state index in [1.807, 2.05) is 30.3 Å². The molecule has 1 N–H and O–H groups in total. The second-order valence-electron chi connectivity index (χ2n) is 5.15. The Bertz CT molecular complexity index is 819. The lowest BCUT2D eigenvalue weighted by molar-refractivity contribution is -0.116. The number of thioether (sulfide) groups is 1. The van der Waals surface area contributed by atoms with Gasteiger partial charge in [-0.3, -0.25) is 4.79 Å². The first-order valence-corrected chi connectivity index (χ1v) is 9.69. The third-order valence-electron chi connectivity index (χ3n) is 3.15. The summed E-state index contributed by atoms with van der Waals surface area (Å²) in [5.74, 6) is 1.80. The number of rotatable bonds is 8. The molecule has 130 valence electrons. The smallest absolute Gasteiger partial charge is 0.227 e. The minimum atomic E-state index is -0.150. The summed E-state index contributed by atoms with van der Waals surface area (Å²) in [4.78, 5) is 16.3. The molecule has 3 rings (SSSR count). The van der Waals surface area contributed by atoms with Gasteiger partial charge in [0.15, 0.2) is 4.34 Å². The van der Waals surface area contributed by atoms with Crippen molar-refractivity contribution in [1.29, 1.82) is 0 Å². The van der Waals surface area contributed by atoms with Gasteiger partial charge in [-0.1, -0.05) is 65.5 Å². The van der Waals surface area contributed by atoms with Crippen molar-refractivity contribution >= 4 is 34.1 Å². The molecule has 0 saturated heterocycles. The molecule has 0 radical (unpaired) electrons. The van der Waals surface area contributed by atoms with E-state index in [0.29, 0.717) is 23.3 Å². The Labute approximate surface area is 153 Å². The molecule has 2 heterocycles. The van der Waals surface area contributed by atoms with Crippen molar-refractivity contribution in [1.82, 2.24) is 20.3 Å². The maximum absolute atomic E-state index is 12.0. The Balaban J connectivity index is 1.49. The third-order valence-corrected chi connectivity index (χ3v) is 5.33. The molecule has 0 aliphatic rings. The van der Waals surface area contributed by atoms with Crippen LogP contribution in [-0.2, 0) is 11.2 Å². The van der Waals surface area contributed by atoms with Crippen LogP contribution in [-0.4, -0.2) is 32.0 Å². The highest BCUT2D eigenvalue weighted by molar-refractivity contribution is 8.01. The molecule has 9 heteroatoms. The highest BCUT2D eigenvalue weighted by atomic mass is 32.2. The quantitative estimate of drug-likeness (QED) is 0.474. The van der Waals surface area contributed by atoms with E-state index in [-0.39, 0.29) is 12.3 Å². The van der Waals surface area contributed by atoms with E-state index in [1.54, 1.807) is 11.8 Å². The minimum Gasteiger partial charge on any atom is -0.339 e. The van der Waals surface area contributed by atoms with Crippen molar-refractivity contribution in [3.05, 3.63) is 36.2 Å². The molecule has 0 spiro atoms. The number of carbonyl (C=O) groups is 1. The highest BCUT2D eigenvalue weighted by Crippen LogP contribution is 2.25. The summed E-state index contributed by atoms with van der Waals surface area (Å²) in [7, 11) is 0. The van der Waals surface area contributed by atoms with E-state index in [1.165, 1.54) is 11.3 Å². The van der Waals surface area contributed by atoms with Gasteiger partial charge in [0.25, 0.3) is 0 Å². The van der Waals surface area contributed by atoms with Crippen LogP contribution < -0.4 is 5.32 Å². The fourth-order valence-electron chi connectivity index (χ4n) is 1.97. The van der Waals surface area contributed by atoms with Crippen molar-refractivity contribution in [2.24, 2.45) is 0 Å². The number of aromatic nitrogens is 4. The number of hydrogen-bond acceptors (Lipinski definition) is 8. The molecule has 3 aromatic rings. The number of aryl methyl sites for hydroxylation is 1. The monoisotopic (exact) mass is 375 g/mol. The highest BCUT2D eigenvalue weighted by Gasteiger charge is 2.12. The lowest BCUT2D eigenvalue weighted by Gasteiger charge is -1.98. The van der Waals surface area contributed by atoms with Crippen molar-refractivity contribution < 1.29 is 9.32 Å². The summed E-state index contributed by atoms with van der Waals surface area (Å²) in [6, 6.07) is 9.56. The van der Waals surface area contributed by atoms with Gasteiger partial charge in [-0.2, -0.15) is 4.98 Å². The minimum absolute atomic E-state index is 0.150. The fraction of sp³-hybridized carbons (Fsp3) is 0.312. The van der Waals surface area contributed by atoms with Crippen LogP contribution in [0.3, 0.4) is 0 Å². The van der Waals surface area contributed by atoms with E-state index in [2.05, 4.69) is 32.6 Å². The van der Waals surface area contributed by atoms with Crippen molar-refractivity contribution in [3.63, 3.8) is 0 Å². The summed E-state index contributed by atoms with van der Waals surface area (Å²) in [5.41, 5.74) is 0.882. The average molecular weight is 375 g/mol. The molecule has 0 saturated carbocycles. The van der Waals surface area contributed by atoms with Crippen LogP contribution in [0.15, 0.2) is 39.2 Å². The molecule has 0 unspecified atom stereocenters. The maximum atomic E-state index is 12.0. The normalized spacial score (nSPS) is 10.8. The molecular formula is C16H17N5O2S2. The number of nitrogens with one attached hydrogen (secondary N) is 1. The summed E-state index contributed by atoms with van der Waals surface area (Å²) >= 11 is 3.02. The molecule has 1 amide bonds.